The zero-order chi connectivity index (χ0) is 22.2. The van der Waals surface area contributed by atoms with Gasteiger partial charge in [-0.05, 0) is 52.0 Å². The molecule has 0 aliphatic heterocycles. The van der Waals surface area contributed by atoms with Gasteiger partial charge in [-0.15, -0.1) is 0 Å². The van der Waals surface area contributed by atoms with Crippen molar-refractivity contribution in [3.63, 3.8) is 0 Å². The van der Waals surface area contributed by atoms with E-state index in [0.717, 1.165) is 6.07 Å². The van der Waals surface area contributed by atoms with E-state index in [1.165, 1.54) is 37.3 Å². The van der Waals surface area contributed by atoms with Crippen molar-refractivity contribution in [2.24, 2.45) is 0 Å². The van der Waals surface area contributed by atoms with Gasteiger partial charge in [0.2, 0.25) is 0 Å². The molecule has 1 N–H and O–H groups in total. The van der Waals surface area contributed by atoms with Crippen LogP contribution in [0.25, 0.3) is 11.0 Å². The number of rotatable bonds is 6. The van der Waals surface area contributed by atoms with Gasteiger partial charge in [0.25, 0.3) is 15.7 Å². The Labute approximate surface area is 172 Å². The van der Waals surface area contributed by atoms with Gasteiger partial charge in [-0.2, -0.15) is 0 Å². The van der Waals surface area contributed by atoms with Crippen LogP contribution in [0.4, 0.5) is 11.4 Å². The number of sulfonamides is 1. The van der Waals surface area contributed by atoms with E-state index in [2.05, 4.69) is 4.72 Å². The number of hydrogen-bond donors (Lipinski definition) is 1. The van der Waals surface area contributed by atoms with Crippen LogP contribution in [0.2, 0.25) is 0 Å². The van der Waals surface area contributed by atoms with Gasteiger partial charge in [0, 0.05) is 22.7 Å². The fourth-order valence-electron chi connectivity index (χ4n) is 2.98. The Kier molecular flexibility index (Phi) is 5.53. The Morgan fingerprint density at radius 2 is 1.87 bits per heavy atom. The maximum Gasteiger partial charge on any atom is 0.342 e. The molecule has 0 spiro atoms. The largest absolute Gasteiger partial charge is 0.460 e. The zero-order valence-electron chi connectivity index (χ0n) is 16.8. The van der Waals surface area contributed by atoms with E-state index in [1.807, 2.05) is 0 Å². The van der Waals surface area contributed by atoms with Crippen molar-refractivity contribution in [2.75, 3.05) is 4.72 Å². The molecule has 0 amide bonds. The number of benzene rings is 2. The van der Waals surface area contributed by atoms with Crippen molar-refractivity contribution in [1.82, 2.24) is 0 Å². The minimum atomic E-state index is -4.10. The van der Waals surface area contributed by atoms with E-state index in [-0.39, 0.29) is 27.9 Å². The molecule has 9 nitrogen and oxygen atoms in total. The number of fused-ring (bicyclic) bond motifs is 1. The van der Waals surface area contributed by atoms with Crippen LogP contribution in [0.5, 0.6) is 0 Å². The lowest BCUT2D eigenvalue weighted by molar-refractivity contribution is -0.385. The van der Waals surface area contributed by atoms with E-state index in [9.17, 15) is 23.3 Å². The molecule has 3 rings (SSSR count). The Hall–Kier alpha value is -3.40. The molecule has 10 heteroatoms. The molecule has 2 aromatic carbocycles. The Balaban J connectivity index is 2.00. The van der Waals surface area contributed by atoms with E-state index < -0.39 is 20.9 Å². The second-order valence-electron chi connectivity index (χ2n) is 7.01. The molecule has 158 valence electrons. The first-order chi connectivity index (χ1) is 14.0. The monoisotopic (exact) mass is 432 g/mol. The van der Waals surface area contributed by atoms with Gasteiger partial charge in [-0.1, -0.05) is 6.07 Å². The Bertz CT molecular complexity index is 1260. The normalized spacial score (nSPS) is 11.6. The lowest BCUT2D eigenvalue weighted by Crippen LogP contribution is -2.14. The van der Waals surface area contributed by atoms with Gasteiger partial charge in [-0.25, -0.2) is 13.2 Å². The molecule has 0 radical (unpaired) electrons. The highest BCUT2D eigenvalue weighted by Crippen LogP contribution is 2.30. The van der Waals surface area contributed by atoms with Gasteiger partial charge in [0.05, 0.1) is 15.9 Å². The molecule has 0 fully saturated rings. The van der Waals surface area contributed by atoms with Crippen molar-refractivity contribution >= 4 is 38.3 Å². The summed E-state index contributed by atoms with van der Waals surface area (Å²) < 4.78 is 38.7. The van der Waals surface area contributed by atoms with E-state index in [4.69, 9.17) is 9.15 Å². The Morgan fingerprint density at radius 3 is 2.50 bits per heavy atom. The van der Waals surface area contributed by atoms with Gasteiger partial charge in [0.15, 0.2) is 0 Å². The summed E-state index contributed by atoms with van der Waals surface area (Å²) >= 11 is 0. The van der Waals surface area contributed by atoms with Crippen LogP contribution in [0, 0.1) is 24.0 Å². The number of furan rings is 1. The summed E-state index contributed by atoms with van der Waals surface area (Å²) in [6, 6.07) is 8.13. The standard InChI is InChI=1S/C20H20N2O7S/c1-11(2)28-20(23)19-13(4)29-18-8-6-14(9-16(18)19)21-30(26,27)15-7-5-12(3)17(10-15)22(24)25/h5-11,21H,1-4H3. The van der Waals surface area contributed by atoms with E-state index in [1.54, 1.807) is 20.8 Å². The molecular formula is C20H20N2O7S. The first-order valence-electron chi connectivity index (χ1n) is 9.01. The lowest BCUT2D eigenvalue weighted by Gasteiger charge is -2.10. The number of nitro benzene ring substituents is 1. The molecule has 0 aliphatic carbocycles. The molecule has 0 saturated heterocycles. The third-order valence-corrected chi connectivity index (χ3v) is 5.73. The van der Waals surface area contributed by atoms with E-state index in [0.29, 0.717) is 22.3 Å². The van der Waals surface area contributed by atoms with Gasteiger partial charge >= 0.3 is 5.97 Å². The number of nitro groups is 1. The quantitative estimate of drug-likeness (QED) is 0.349. The summed E-state index contributed by atoms with van der Waals surface area (Å²) in [4.78, 5) is 22.7. The van der Waals surface area contributed by atoms with Crippen molar-refractivity contribution in [1.29, 1.82) is 0 Å². The fourth-order valence-corrected chi connectivity index (χ4v) is 4.05. The van der Waals surface area contributed by atoms with Gasteiger partial charge in [0.1, 0.15) is 16.9 Å². The molecule has 0 unspecified atom stereocenters. The maximum absolute atomic E-state index is 12.7. The second kappa shape index (κ2) is 7.79. The van der Waals surface area contributed by atoms with Crippen LogP contribution in [0.15, 0.2) is 45.7 Å². The molecular weight excluding hydrogens is 412 g/mol. The second-order valence-corrected chi connectivity index (χ2v) is 8.69. The molecule has 1 aromatic heterocycles. The average molecular weight is 432 g/mol. The number of carbonyl (C=O) groups excluding carboxylic acids is 1. The fraction of sp³-hybridized carbons (Fsp3) is 0.250. The zero-order valence-corrected chi connectivity index (χ0v) is 17.6. The number of aryl methyl sites for hydroxylation is 2. The third-order valence-electron chi connectivity index (χ3n) is 4.35. The highest BCUT2D eigenvalue weighted by molar-refractivity contribution is 7.92. The third kappa shape index (κ3) is 4.13. The van der Waals surface area contributed by atoms with Crippen molar-refractivity contribution in [3.05, 3.63) is 63.4 Å². The smallest absolute Gasteiger partial charge is 0.342 e. The molecule has 3 aromatic rings. The highest BCUT2D eigenvalue weighted by Gasteiger charge is 2.23. The molecule has 1 heterocycles. The number of ether oxygens (including phenoxy) is 1. The minimum Gasteiger partial charge on any atom is -0.460 e. The average Bonchev–Trinajstić information content (AvgIpc) is 2.95. The number of esters is 1. The molecule has 0 atom stereocenters. The number of carbonyl (C=O) groups is 1. The summed E-state index contributed by atoms with van der Waals surface area (Å²) in [7, 11) is -4.10. The molecule has 0 aliphatic rings. The lowest BCUT2D eigenvalue weighted by atomic mass is 10.1. The molecule has 0 saturated carbocycles. The Morgan fingerprint density at radius 1 is 1.17 bits per heavy atom. The summed E-state index contributed by atoms with van der Waals surface area (Å²) in [6.07, 6.45) is -0.333. The number of nitrogens with zero attached hydrogens (tertiary/aromatic N) is 1. The summed E-state index contributed by atoms with van der Waals surface area (Å²) in [5, 5.41) is 11.5. The van der Waals surface area contributed by atoms with Crippen LogP contribution in [0.1, 0.15) is 35.5 Å². The molecule has 30 heavy (non-hydrogen) atoms. The van der Waals surface area contributed by atoms with Crippen LogP contribution in [0.3, 0.4) is 0 Å². The first kappa shape index (κ1) is 21.3. The summed E-state index contributed by atoms with van der Waals surface area (Å²) in [5.74, 6) is -0.222. The highest BCUT2D eigenvalue weighted by atomic mass is 32.2. The van der Waals surface area contributed by atoms with Crippen molar-refractivity contribution in [3.8, 4) is 0 Å². The molecule has 0 bridgehead atoms. The summed E-state index contributed by atoms with van der Waals surface area (Å²) in [6.45, 7) is 6.58. The number of anilines is 1. The van der Waals surface area contributed by atoms with Gasteiger partial charge < -0.3 is 9.15 Å². The topological polar surface area (TPSA) is 129 Å². The maximum atomic E-state index is 12.7. The number of hydrogen-bond acceptors (Lipinski definition) is 7. The van der Waals surface area contributed by atoms with E-state index >= 15 is 0 Å². The summed E-state index contributed by atoms with van der Waals surface area (Å²) in [5.41, 5.74) is 0.841. The predicted octanol–water partition coefficient (Wildman–Crippen LogP) is 4.32. The minimum absolute atomic E-state index is 0.171. The van der Waals surface area contributed by atoms with Crippen molar-refractivity contribution in [2.45, 2.75) is 38.7 Å². The first-order valence-corrected chi connectivity index (χ1v) is 10.5. The van der Waals surface area contributed by atoms with Gasteiger partial charge in [-0.3, -0.25) is 14.8 Å². The van der Waals surface area contributed by atoms with Crippen LogP contribution in [-0.2, 0) is 14.8 Å². The van der Waals surface area contributed by atoms with Crippen LogP contribution >= 0.6 is 0 Å². The van der Waals surface area contributed by atoms with Crippen LogP contribution in [-0.4, -0.2) is 25.4 Å². The van der Waals surface area contributed by atoms with Crippen LogP contribution < -0.4 is 4.72 Å². The van der Waals surface area contributed by atoms with Crippen molar-refractivity contribution < 1.29 is 27.3 Å². The number of nitrogens with one attached hydrogen (secondary N) is 1. The predicted molar refractivity (Wildman–Crippen MR) is 110 cm³/mol. The SMILES string of the molecule is Cc1ccc(S(=O)(=O)Nc2ccc3oc(C)c(C(=O)OC(C)C)c3c2)cc1[N+](=O)[O-].